The molecule has 5 heteroatoms. The van der Waals surface area contributed by atoms with E-state index in [9.17, 15) is 13.2 Å². The van der Waals surface area contributed by atoms with E-state index < -0.39 is 11.9 Å². The van der Waals surface area contributed by atoms with Gasteiger partial charge in [0.05, 0.1) is 6.20 Å². The number of aryl methyl sites for hydroxylation is 1. The van der Waals surface area contributed by atoms with Crippen LogP contribution in [0.25, 0.3) is 0 Å². The Balaban J connectivity index is 2.92. The van der Waals surface area contributed by atoms with E-state index in [0.29, 0.717) is 6.42 Å². The summed E-state index contributed by atoms with van der Waals surface area (Å²) in [7, 11) is 0. The van der Waals surface area contributed by atoms with Crippen molar-refractivity contribution in [3.05, 3.63) is 23.8 Å². The lowest BCUT2D eigenvalue weighted by Gasteiger charge is -2.05. The smallest absolute Gasteiger partial charge is 0.231 e. The normalized spacial score (nSPS) is 11.7. The Labute approximate surface area is 73.8 Å². The molecule has 0 bridgehead atoms. The van der Waals surface area contributed by atoms with E-state index in [1.165, 1.54) is 0 Å². The second-order valence-corrected chi connectivity index (χ2v) is 2.55. The largest absolute Gasteiger partial charge is 0.433 e. The minimum absolute atomic E-state index is 0.192. The van der Waals surface area contributed by atoms with Gasteiger partial charge in [0.25, 0.3) is 0 Å². The molecule has 1 heterocycles. The summed E-state index contributed by atoms with van der Waals surface area (Å²) in [6.07, 6.45) is -1.05. The highest BCUT2D eigenvalue weighted by Gasteiger charge is 2.32. The van der Waals surface area contributed by atoms with E-state index in [2.05, 4.69) is 16.2 Å². The van der Waals surface area contributed by atoms with Gasteiger partial charge in [-0.2, -0.15) is 13.2 Å². The zero-order chi connectivity index (χ0) is 9.90. The highest BCUT2D eigenvalue weighted by molar-refractivity contribution is 5.05. The van der Waals surface area contributed by atoms with E-state index in [4.69, 9.17) is 0 Å². The fourth-order valence-corrected chi connectivity index (χ4v) is 0.845. The standard InChI is InChI=1S/C8H8F3N2/c1-2-3-7-12-5-4-6(13-7)8(9,10)11/h4H,2-3H2,1H3. The molecule has 0 unspecified atom stereocenters. The maximum Gasteiger partial charge on any atom is 0.433 e. The van der Waals surface area contributed by atoms with Crippen LogP contribution in [0.5, 0.6) is 0 Å². The summed E-state index contributed by atoms with van der Waals surface area (Å²) in [6.45, 7) is 1.85. The van der Waals surface area contributed by atoms with E-state index in [1.807, 2.05) is 6.92 Å². The Bertz CT molecular complexity index is 283. The van der Waals surface area contributed by atoms with Crippen molar-refractivity contribution in [3.63, 3.8) is 0 Å². The van der Waals surface area contributed by atoms with Crippen LogP contribution in [0.2, 0.25) is 0 Å². The van der Waals surface area contributed by atoms with E-state index in [1.54, 1.807) is 0 Å². The molecule has 0 atom stereocenters. The van der Waals surface area contributed by atoms with Crippen LogP contribution in [0, 0.1) is 6.20 Å². The summed E-state index contributed by atoms with van der Waals surface area (Å²) in [4.78, 5) is 6.97. The summed E-state index contributed by atoms with van der Waals surface area (Å²) in [5.41, 5.74) is -0.925. The highest BCUT2D eigenvalue weighted by atomic mass is 19.4. The molecule has 71 valence electrons. The van der Waals surface area contributed by atoms with Crippen LogP contribution < -0.4 is 0 Å². The molecule has 1 radical (unpaired) electrons. The molecule has 2 nitrogen and oxygen atoms in total. The maximum absolute atomic E-state index is 12.1. The van der Waals surface area contributed by atoms with Crippen molar-refractivity contribution in [2.24, 2.45) is 0 Å². The molecule has 1 rings (SSSR count). The summed E-state index contributed by atoms with van der Waals surface area (Å²) in [6, 6.07) is 0.749. The first-order valence-electron chi connectivity index (χ1n) is 3.85. The quantitative estimate of drug-likeness (QED) is 0.713. The van der Waals surface area contributed by atoms with Crippen LogP contribution in [-0.4, -0.2) is 9.97 Å². The van der Waals surface area contributed by atoms with Gasteiger partial charge in [0.1, 0.15) is 11.5 Å². The number of hydrogen-bond acceptors (Lipinski definition) is 2. The number of nitrogens with zero attached hydrogens (tertiary/aromatic N) is 2. The minimum atomic E-state index is -4.40. The van der Waals surface area contributed by atoms with E-state index in [0.717, 1.165) is 12.5 Å². The second kappa shape index (κ2) is 3.72. The van der Waals surface area contributed by atoms with Crippen molar-refractivity contribution < 1.29 is 13.2 Å². The van der Waals surface area contributed by atoms with Crippen LogP contribution in [-0.2, 0) is 12.6 Å². The second-order valence-electron chi connectivity index (χ2n) is 2.55. The van der Waals surface area contributed by atoms with E-state index >= 15 is 0 Å². The Morgan fingerprint density at radius 1 is 1.46 bits per heavy atom. The van der Waals surface area contributed by atoms with Crippen molar-refractivity contribution in [1.82, 2.24) is 9.97 Å². The number of hydrogen-bond donors (Lipinski definition) is 0. The molecule has 0 N–H and O–H groups in total. The van der Waals surface area contributed by atoms with Crippen molar-refractivity contribution in [2.45, 2.75) is 25.9 Å². The molecule has 0 spiro atoms. The van der Waals surface area contributed by atoms with Gasteiger partial charge in [-0.25, -0.2) is 9.97 Å². The molecule has 0 saturated carbocycles. The van der Waals surface area contributed by atoms with Gasteiger partial charge in [-0.05, 0) is 12.5 Å². The van der Waals surface area contributed by atoms with Gasteiger partial charge in [0.15, 0.2) is 0 Å². The van der Waals surface area contributed by atoms with E-state index in [-0.39, 0.29) is 5.82 Å². The molecule has 0 aliphatic heterocycles. The number of alkyl halides is 3. The number of halogens is 3. The topological polar surface area (TPSA) is 25.8 Å². The van der Waals surface area contributed by atoms with Crippen LogP contribution in [0.1, 0.15) is 24.9 Å². The lowest BCUT2D eigenvalue weighted by Crippen LogP contribution is -2.10. The molecule has 1 aromatic rings. The Morgan fingerprint density at radius 2 is 2.15 bits per heavy atom. The molecular formula is C8H8F3N2. The number of aromatic nitrogens is 2. The zero-order valence-electron chi connectivity index (χ0n) is 7.02. The number of rotatable bonds is 2. The molecule has 0 aliphatic carbocycles. The van der Waals surface area contributed by atoms with Gasteiger partial charge in [0.2, 0.25) is 0 Å². The highest BCUT2D eigenvalue weighted by Crippen LogP contribution is 2.26. The van der Waals surface area contributed by atoms with Crippen LogP contribution in [0.3, 0.4) is 0 Å². The van der Waals surface area contributed by atoms with Gasteiger partial charge in [-0.1, -0.05) is 6.92 Å². The van der Waals surface area contributed by atoms with Crippen LogP contribution in [0.15, 0.2) is 6.07 Å². The third-order valence-corrected chi connectivity index (χ3v) is 1.41. The van der Waals surface area contributed by atoms with Crippen molar-refractivity contribution in [2.75, 3.05) is 0 Å². The molecular weight excluding hydrogens is 181 g/mol. The summed E-state index contributed by atoms with van der Waals surface area (Å²) >= 11 is 0. The SMILES string of the molecule is CCCc1n[c]cc(C(F)(F)F)n1. The maximum atomic E-state index is 12.1. The molecule has 0 aromatic carbocycles. The predicted molar refractivity (Wildman–Crippen MR) is 39.9 cm³/mol. The fraction of sp³-hybridized carbons (Fsp3) is 0.500. The predicted octanol–water partition coefficient (Wildman–Crippen LogP) is 2.25. The monoisotopic (exact) mass is 189 g/mol. The van der Waals surface area contributed by atoms with Crippen LogP contribution in [0.4, 0.5) is 13.2 Å². The zero-order valence-corrected chi connectivity index (χ0v) is 7.02. The first-order valence-corrected chi connectivity index (χ1v) is 3.85. The van der Waals surface area contributed by atoms with Crippen molar-refractivity contribution in [3.8, 4) is 0 Å². The Morgan fingerprint density at radius 3 is 2.69 bits per heavy atom. The first kappa shape index (κ1) is 9.95. The summed E-state index contributed by atoms with van der Waals surface area (Å²) in [5.74, 6) is 0.192. The van der Waals surface area contributed by atoms with Gasteiger partial charge in [-0.15, -0.1) is 0 Å². The Kier molecular flexibility index (Phi) is 2.85. The van der Waals surface area contributed by atoms with Crippen LogP contribution >= 0.6 is 0 Å². The molecule has 0 amide bonds. The molecule has 13 heavy (non-hydrogen) atoms. The average Bonchev–Trinajstić information content (AvgIpc) is 2.04. The third kappa shape index (κ3) is 2.68. The summed E-state index contributed by atoms with van der Waals surface area (Å²) < 4.78 is 36.3. The first-order chi connectivity index (χ1) is 6.04. The lowest BCUT2D eigenvalue weighted by molar-refractivity contribution is -0.141. The van der Waals surface area contributed by atoms with Crippen molar-refractivity contribution in [1.29, 1.82) is 0 Å². The van der Waals surface area contributed by atoms with Gasteiger partial charge < -0.3 is 0 Å². The third-order valence-electron chi connectivity index (χ3n) is 1.41. The molecule has 0 aliphatic rings. The Hall–Kier alpha value is -1.13. The van der Waals surface area contributed by atoms with Gasteiger partial charge >= 0.3 is 6.18 Å². The average molecular weight is 189 g/mol. The van der Waals surface area contributed by atoms with Gasteiger partial charge in [-0.3, -0.25) is 0 Å². The van der Waals surface area contributed by atoms with Crippen molar-refractivity contribution >= 4 is 0 Å². The van der Waals surface area contributed by atoms with Gasteiger partial charge in [0, 0.05) is 6.42 Å². The summed E-state index contributed by atoms with van der Waals surface area (Å²) in [5, 5.41) is 0. The minimum Gasteiger partial charge on any atom is -0.231 e. The molecule has 0 saturated heterocycles. The molecule has 1 aromatic heterocycles. The lowest BCUT2D eigenvalue weighted by atomic mass is 10.3. The molecule has 0 fully saturated rings. The fourth-order valence-electron chi connectivity index (χ4n) is 0.845.